The van der Waals surface area contributed by atoms with Crippen LogP contribution in [0.1, 0.15) is 36.7 Å². The number of carbonyl (C=O) groups excluding carboxylic acids is 2. The van der Waals surface area contributed by atoms with Gasteiger partial charge in [0.25, 0.3) is 5.91 Å². The predicted molar refractivity (Wildman–Crippen MR) is 96.2 cm³/mol. The number of anilines is 1. The molecule has 2 aromatic rings. The van der Waals surface area contributed by atoms with Gasteiger partial charge in [0.2, 0.25) is 0 Å². The van der Waals surface area contributed by atoms with E-state index in [0.29, 0.717) is 6.61 Å². The fraction of sp³-hybridized carbons (Fsp3) is 0.300. The Morgan fingerprint density at radius 1 is 1.00 bits per heavy atom. The highest BCUT2D eigenvalue weighted by molar-refractivity contribution is 5.97. The fourth-order valence-electron chi connectivity index (χ4n) is 2.12. The van der Waals surface area contributed by atoms with E-state index in [2.05, 4.69) is 5.32 Å². The van der Waals surface area contributed by atoms with Gasteiger partial charge in [0, 0.05) is 0 Å². The van der Waals surface area contributed by atoms with Crippen LogP contribution in [0.15, 0.2) is 42.5 Å². The molecular formula is C20H21F2NO4. The number of nitrogens with one attached hydrogen (secondary N) is 1. The lowest BCUT2D eigenvalue weighted by Crippen LogP contribution is -2.30. The van der Waals surface area contributed by atoms with Gasteiger partial charge in [-0.25, -0.2) is 13.6 Å². The van der Waals surface area contributed by atoms with Gasteiger partial charge in [-0.3, -0.25) is 4.79 Å². The molecule has 7 heteroatoms. The first-order chi connectivity index (χ1) is 12.8. The van der Waals surface area contributed by atoms with Crippen molar-refractivity contribution in [3.63, 3.8) is 0 Å². The maximum Gasteiger partial charge on any atom is 0.338 e. The van der Waals surface area contributed by atoms with E-state index in [1.807, 2.05) is 13.8 Å². The summed E-state index contributed by atoms with van der Waals surface area (Å²) in [4.78, 5) is 24.2. The van der Waals surface area contributed by atoms with E-state index < -0.39 is 35.3 Å². The van der Waals surface area contributed by atoms with Crippen LogP contribution < -0.4 is 5.32 Å². The normalized spacial score (nSPS) is 11.9. The molecule has 1 amide bonds. The molecule has 0 aliphatic rings. The maximum absolute atomic E-state index is 13.6. The van der Waals surface area contributed by atoms with Crippen LogP contribution >= 0.6 is 0 Å². The largest absolute Gasteiger partial charge is 0.449 e. The number of rotatable bonds is 7. The predicted octanol–water partition coefficient (Wildman–Crippen LogP) is 4.07. The van der Waals surface area contributed by atoms with Crippen molar-refractivity contribution in [2.75, 3.05) is 5.32 Å². The summed E-state index contributed by atoms with van der Waals surface area (Å²) >= 11 is 0. The molecule has 27 heavy (non-hydrogen) atoms. The zero-order chi connectivity index (χ0) is 20.0. The van der Waals surface area contributed by atoms with Gasteiger partial charge in [-0.15, -0.1) is 0 Å². The molecule has 2 aromatic carbocycles. The monoisotopic (exact) mass is 377 g/mol. The van der Waals surface area contributed by atoms with Crippen molar-refractivity contribution < 1.29 is 27.8 Å². The quantitative estimate of drug-likeness (QED) is 0.739. The van der Waals surface area contributed by atoms with E-state index in [1.54, 1.807) is 24.3 Å². The van der Waals surface area contributed by atoms with Crippen molar-refractivity contribution in [3.05, 3.63) is 65.2 Å². The Morgan fingerprint density at radius 2 is 1.59 bits per heavy atom. The summed E-state index contributed by atoms with van der Waals surface area (Å²) in [6, 6.07) is 9.77. The molecule has 0 radical (unpaired) electrons. The van der Waals surface area contributed by atoms with E-state index in [9.17, 15) is 18.4 Å². The van der Waals surface area contributed by atoms with Crippen LogP contribution in [0, 0.1) is 11.6 Å². The van der Waals surface area contributed by atoms with Crippen molar-refractivity contribution in [3.8, 4) is 0 Å². The Hall–Kier alpha value is -2.80. The van der Waals surface area contributed by atoms with Crippen LogP contribution in [0.3, 0.4) is 0 Å². The number of ether oxygens (including phenoxy) is 2. The first-order valence-corrected chi connectivity index (χ1v) is 8.44. The summed E-state index contributed by atoms with van der Waals surface area (Å²) in [6.45, 7) is 5.58. The summed E-state index contributed by atoms with van der Waals surface area (Å²) in [6.07, 6.45) is -1.14. The third-order valence-electron chi connectivity index (χ3n) is 3.64. The summed E-state index contributed by atoms with van der Waals surface area (Å²) in [5.41, 5.74) is 0.556. The number of amides is 1. The minimum atomic E-state index is -1.24. The lowest BCUT2D eigenvalue weighted by Gasteiger charge is -2.14. The van der Waals surface area contributed by atoms with E-state index >= 15 is 0 Å². The van der Waals surface area contributed by atoms with Gasteiger partial charge < -0.3 is 14.8 Å². The zero-order valence-corrected chi connectivity index (χ0v) is 15.3. The molecule has 0 spiro atoms. The highest BCUT2D eigenvalue weighted by Crippen LogP contribution is 2.18. The van der Waals surface area contributed by atoms with Crippen LogP contribution in [-0.2, 0) is 20.9 Å². The molecule has 0 unspecified atom stereocenters. The van der Waals surface area contributed by atoms with Crippen LogP contribution in [0.4, 0.5) is 14.5 Å². The second-order valence-electron chi connectivity index (χ2n) is 6.19. The Balaban J connectivity index is 1.95. The molecule has 0 bridgehead atoms. The molecule has 144 valence electrons. The van der Waals surface area contributed by atoms with Gasteiger partial charge in [0.1, 0.15) is 17.3 Å². The van der Waals surface area contributed by atoms with Gasteiger partial charge in [-0.1, -0.05) is 18.2 Å². The van der Waals surface area contributed by atoms with Crippen LogP contribution in [0.5, 0.6) is 0 Å². The molecular weight excluding hydrogens is 356 g/mol. The van der Waals surface area contributed by atoms with Crippen molar-refractivity contribution in [1.82, 2.24) is 0 Å². The Bertz CT molecular complexity index is 786. The lowest BCUT2D eigenvalue weighted by molar-refractivity contribution is -0.123. The second-order valence-corrected chi connectivity index (χ2v) is 6.19. The second kappa shape index (κ2) is 9.23. The van der Waals surface area contributed by atoms with Gasteiger partial charge in [-0.2, -0.15) is 0 Å². The third-order valence-corrected chi connectivity index (χ3v) is 3.64. The molecule has 0 aliphatic carbocycles. The maximum atomic E-state index is 13.6. The summed E-state index contributed by atoms with van der Waals surface area (Å²) in [7, 11) is 0. The summed E-state index contributed by atoms with van der Waals surface area (Å²) < 4.78 is 37.7. The minimum Gasteiger partial charge on any atom is -0.449 e. The van der Waals surface area contributed by atoms with E-state index in [0.717, 1.165) is 17.7 Å². The first-order valence-electron chi connectivity index (χ1n) is 8.44. The molecule has 5 nitrogen and oxygen atoms in total. The molecule has 0 heterocycles. The van der Waals surface area contributed by atoms with Gasteiger partial charge in [-0.05, 0) is 50.6 Å². The molecule has 0 fully saturated rings. The van der Waals surface area contributed by atoms with Crippen molar-refractivity contribution >= 4 is 17.6 Å². The van der Waals surface area contributed by atoms with Crippen LogP contribution in [0.2, 0.25) is 0 Å². The molecule has 0 aliphatic heterocycles. The molecule has 1 N–H and O–H groups in total. The molecule has 1 atom stereocenters. The molecule has 2 rings (SSSR count). The van der Waals surface area contributed by atoms with Crippen molar-refractivity contribution in [2.45, 2.75) is 39.6 Å². The fourth-order valence-corrected chi connectivity index (χ4v) is 2.12. The highest BCUT2D eigenvalue weighted by Gasteiger charge is 2.21. The van der Waals surface area contributed by atoms with E-state index in [1.165, 1.54) is 13.0 Å². The van der Waals surface area contributed by atoms with E-state index in [4.69, 9.17) is 9.47 Å². The smallest absolute Gasteiger partial charge is 0.338 e. The van der Waals surface area contributed by atoms with Gasteiger partial charge in [0.05, 0.1) is 18.3 Å². The van der Waals surface area contributed by atoms with Crippen molar-refractivity contribution in [2.24, 2.45) is 0 Å². The number of hydrogen-bond donors (Lipinski definition) is 1. The number of para-hydroxylation sites is 1. The van der Waals surface area contributed by atoms with E-state index in [-0.39, 0.29) is 11.7 Å². The Labute approximate surface area is 156 Å². The minimum absolute atomic E-state index is 0.0910. The standard InChI is InChI=1S/C20H21F2NO4/c1-12(2)26-11-14-7-9-15(10-8-14)20(25)27-13(3)19(24)23-18-16(21)5-4-6-17(18)22/h4-10,12-13H,11H2,1-3H3,(H,23,24)/t13-/m0/s1. The summed E-state index contributed by atoms with van der Waals surface area (Å²) in [5.74, 6) is -3.39. The Kier molecular flexibility index (Phi) is 7.01. The Morgan fingerprint density at radius 3 is 2.15 bits per heavy atom. The first kappa shape index (κ1) is 20.5. The molecule has 0 saturated heterocycles. The lowest BCUT2D eigenvalue weighted by atomic mass is 10.1. The van der Waals surface area contributed by atoms with Crippen LogP contribution in [-0.4, -0.2) is 24.1 Å². The summed E-state index contributed by atoms with van der Waals surface area (Å²) in [5, 5.41) is 2.09. The molecule has 0 aromatic heterocycles. The SMILES string of the molecule is CC(C)OCc1ccc(C(=O)O[C@@H](C)C(=O)Nc2c(F)cccc2F)cc1. The van der Waals surface area contributed by atoms with Gasteiger partial charge in [0.15, 0.2) is 6.10 Å². The number of halogens is 2. The number of benzene rings is 2. The highest BCUT2D eigenvalue weighted by atomic mass is 19.1. The average molecular weight is 377 g/mol. The molecule has 0 saturated carbocycles. The van der Waals surface area contributed by atoms with Crippen LogP contribution in [0.25, 0.3) is 0 Å². The van der Waals surface area contributed by atoms with Crippen molar-refractivity contribution in [1.29, 1.82) is 0 Å². The zero-order valence-electron chi connectivity index (χ0n) is 15.3. The topological polar surface area (TPSA) is 64.6 Å². The average Bonchev–Trinajstić information content (AvgIpc) is 2.63. The number of hydrogen-bond acceptors (Lipinski definition) is 4. The van der Waals surface area contributed by atoms with Gasteiger partial charge >= 0.3 is 5.97 Å². The number of carbonyl (C=O) groups is 2. The number of esters is 1. The third kappa shape index (κ3) is 5.86.